The van der Waals surface area contributed by atoms with Crippen molar-refractivity contribution in [2.75, 3.05) is 26.7 Å². The SMILES string of the molecule is CCCOc1ccc2ccccc2c1CN(C)C(=O)C1CCN(C(=O)c2ccc(F)cc2F)CC1. The average Bonchev–Trinajstić information content (AvgIpc) is 2.87. The monoisotopic (exact) mass is 480 g/mol. The maximum atomic E-state index is 14.0. The van der Waals surface area contributed by atoms with E-state index in [4.69, 9.17) is 4.74 Å². The zero-order chi connectivity index (χ0) is 24.9. The lowest BCUT2D eigenvalue weighted by molar-refractivity contribution is -0.136. The van der Waals surface area contributed by atoms with Crippen LogP contribution in [0, 0.1) is 17.6 Å². The summed E-state index contributed by atoms with van der Waals surface area (Å²) >= 11 is 0. The summed E-state index contributed by atoms with van der Waals surface area (Å²) in [6, 6.07) is 15.0. The number of amides is 2. The maximum absolute atomic E-state index is 14.0. The molecule has 0 aliphatic carbocycles. The highest BCUT2D eigenvalue weighted by Crippen LogP contribution is 2.30. The lowest BCUT2D eigenvalue weighted by Crippen LogP contribution is -2.43. The van der Waals surface area contributed by atoms with Gasteiger partial charge < -0.3 is 14.5 Å². The molecule has 5 nitrogen and oxygen atoms in total. The summed E-state index contributed by atoms with van der Waals surface area (Å²) in [4.78, 5) is 29.2. The molecule has 3 aromatic carbocycles. The second-order valence-corrected chi connectivity index (χ2v) is 9.00. The van der Waals surface area contributed by atoms with Crippen molar-refractivity contribution in [2.45, 2.75) is 32.7 Å². The molecule has 1 aliphatic rings. The van der Waals surface area contributed by atoms with Crippen molar-refractivity contribution in [3.05, 3.63) is 77.4 Å². The molecule has 3 aromatic rings. The number of likely N-dealkylation sites (tertiary alicyclic amines) is 1. The van der Waals surface area contributed by atoms with Crippen LogP contribution in [0.2, 0.25) is 0 Å². The highest BCUT2D eigenvalue weighted by molar-refractivity contribution is 5.94. The number of carbonyl (C=O) groups excluding carboxylic acids is 2. The minimum absolute atomic E-state index is 0.0134. The van der Waals surface area contributed by atoms with Crippen LogP contribution in [0.1, 0.15) is 42.1 Å². The fourth-order valence-corrected chi connectivity index (χ4v) is 4.62. The van der Waals surface area contributed by atoms with Crippen molar-refractivity contribution in [3.63, 3.8) is 0 Å². The summed E-state index contributed by atoms with van der Waals surface area (Å²) in [7, 11) is 1.79. The molecule has 1 aliphatic heterocycles. The first kappa shape index (κ1) is 24.6. The van der Waals surface area contributed by atoms with Crippen LogP contribution in [0.25, 0.3) is 10.8 Å². The van der Waals surface area contributed by atoms with E-state index in [9.17, 15) is 18.4 Å². The van der Waals surface area contributed by atoms with Gasteiger partial charge in [0.05, 0.1) is 12.2 Å². The van der Waals surface area contributed by atoms with E-state index < -0.39 is 17.5 Å². The molecule has 2 amide bonds. The van der Waals surface area contributed by atoms with Crippen molar-refractivity contribution in [1.82, 2.24) is 9.80 Å². The third kappa shape index (κ3) is 5.45. The molecular weight excluding hydrogens is 450 g/mol. The Morgan fingerprint density at radius 1 is 1.06 bits per heavy atom. The van der Waals surface area contributed by atoms with Gasteiger partial charge in [0.15, 0.2) is 0 Å². The lowest BCUT2D eigenvalue weighted by atomic mass is 9.94. The van der Waals surface area contributed by atoms with Crippen molar-refractivity contribution in [1.29, 1.82) is 0 Å². The number of halogens is 2. The molecule has 184 valence electrons. The Hall–Kier alpha value is -3.48. The molecule has 0 atom stereocenters. The number of hydrogen-bond donors (Lipinski definition) is 0. The Labute approximate surface area is 204 Å². The van der Waals surface area contributed by atoms with Gasteiger partial charge in [-0.3, -0.25) is 9.59 Å². The van der Waals surface area contributed by atoms with Crippen LogP contribution in [-0.2, 0) is 11.3 Å². The molecule has 0 bridgehead atoms. The smallest absolute Gasteiger partial charge is 0.256 e. The predicted octanol–water partition coefficient (Wildman–Crippen LogP) is 5.42. The second kappa shape index (κ2) is 10.8. The van der Waals surface area contributed by atoms with Gasteiger partial charge in [0.1, 0.15) is 17.4 Å². The number of carbonyl (C=O) groups is 2. The van der Waals surface area contributed by atoms with E-state index in [1.165, 1.54) is 11.0 Å². The maximum Gasteiger partial charge on any atom is 0.256 e. The number of nitrogens with zero attached hydrogens (tertiary/aromatic N) is 2. The highest BCUT2D eigenvalue weighted by Gasteiger charge is 2.31. The zero-order valence-electron chi connectivity index (χ0n) is 20.1. The van der Waals surface area contributed by atoms with Crippen LogP contribution < -0.4 is 4.74 Å². The predicted molar refractivity (Wildman–Crippen MR) is 131 cm³/mol. The third-order valence-corrected chi connectivity index (χ3v) is 6.52. The van der Waals surface area contributed by atoms with E-state index in [0.29, 0.717) is 45.1 Å². The van der Waals surface area contributed by atoms with Gasteiger partial charge in [-0.2, -0.15) is 0 Å². The molecular formula is C28H30F2N2O3. The van der Waals surface area contributed by atoms with E-state index in [-0.39, 0.29) is 17.4 Å². The van der Waals surface area contributed by atoms with Crippen molar-refractivity contribution in [3.8, 4) is 5.75 Å². The quantitative estimate of drug-likeness (QED) is 0.454. The summed E-state index contributed by atoms with van der Waals surface area (Å²) in [5.41, 5.74) is 0.829. The summed E-state index contributed by atoms with van der Waals surface area (Å²) in [5.74, 6) is -1.50. The van der Waals surface area contributed by atoms with Crippen LogP contribution >= 0.6 is 0 Å². The van der Waals surface area contributed by atoms with Gasteiger partial charge >= 0.3 is 0 Å². The molecule has 0 unspecified atom stereocenters. The lowest BCUT2D eigenvalue weighted by Gasteiger charge is -2.33. The van der Waals surface area contributed by atoms with Gasteiger partial charge in [0.2, 0.25) is 5.91 Å². The fourth-order valence-electron chi connectivity index (χ4n) is 4.62. The molecule has 0 aromatic heterocycles. The molecule has 1 heterocycles. The van der Waals surface area contributed by atoms with Crippen LogP contribution in [-0.4, -0.2) is 48.4 Å². The number of hydrogen-bond acceptors (Lipinski definition) is 3. The largest absolute Gasteiger partial charge is 0.493 e. The number of ether oxygens (including phenoxy) is 1. The standard InChI is InChI=1S/C28H30F2N2O3/c1-3-16-35-26-11-8-19-6-4-5-7-22(19)24(26)18-31(2)27(33)20-12-14-32(15-13-20)28(34)23-10-9-21(29)17-25(23)30/h4-11,17,20H,3,12-16,18H2,1-2H3. The zero-order valence-corrected chi connectivity index (χ0v) is 20.1. The van der Waals surface area contributed by atoms with E-state index in [0.717, 1.165) is 34.6 Å². The Morgan fingerprint density at radius 2 is 1.80 bits per heavy atom. The van der Waals surface area contributed by atoms with Gasteiger partial charge in [-0.1, -0.05) is 37.3 Å². The molecule has 1 fully saturated rings. The Bertz CT molecular complexity index is 1220. The number of benzene rings is 3. The molecule has 0 N–H and O–H groups in total. The molecule has 0 spiro atoms. The molecule has 1 saturated heterocycles. The summed E-state index contributed by atoms with van der Waals surface area (Å²) in [6.07, 6.45) is 1.87. The van der Waals surface area contributed by atoms with Crippen LogP contribution in [0.5, 0.6) is 5.75 Å². The van der Waals surface area contributed by atoms with Gasteiger partial charge in [0, 0.05) is 44.2 Å². The fraction of sp³-hybridized carbons (Fsp3) is 0.357. The highest BCUT2D eigenvalue weighted by atomic mass is 19.1. The van der Waals surface area contributed by atoms with Gasteiger partial charge in [0.25, 0.3) is 5.91 Å². The number of rotatable bonds is 7. The molecule has 0 saturated carbocycles. The second-order valence-electron chi connectivity index (χ2n) is 9.00. The van der Waals surface area contributed by atoms with Gasteiger partial charge in [-0.05, 0) is 48.2 Å². The summed E-state index contributed by atoms with van der Waals surface area (Å²) < 4.78 is 33.2. The first-order valence-electron chi connectivity index (χ1n) is 12.0. The summed E-state index contributed by atoms with van der Waals surface area (Å²) in [5, 5.41) is 2.15. The average molecular weight is 481 g/mol. The molecule has 0 radical (unpaired) electrons. The van der Waals surface area contributed by atoms with E-state index in [2.05, 4.69) is 6.92 Å². The molecule has 35 heavy (non-hydrogen) atoms. The van der Waals surface area contributed by atoms with Gasteiger partial charge in [-0.25, -0.2) is 8.78 Å². The van der Waals surface area contributed by atoms with E-state index >= 15 is 0 Å². The van der Waals surface area contributed by atoms with Crippen LogP contribution in [0.3, 0.4) is 0 Å². The van der Waals surface area contributed by atoms with Crippen molar-refractivity contribution >= 4 is 22.6 Å². The minimum Gasteiger partial charge on any atom is -0.493 e. The third-order valence-electron chi connectivity index (χ3n) is 6.52. The van der Waals surface area contributed by atoms with Gasteiger partial charge in [-0.15, -0.1) is 0 Å². The first-order valence-corrected chi connectivity index (χ1v) is 12.0. The molecule has 7 heteroatoms. The number of piperidine rings is 1. The van der Waals surface area contributed by atoms with Crippen molar-refractivity contribution < 1.29 is 23.1 Å². The Balaban J connectivity index is 1.43. The topological polar surface area (TPSA) is 49.9 Å². The number of fused-ring (bicyclic) bond motifs is 1. The Kier molecular flexibility index (Phi) is 7.63. The van der Waals surface area contributed by atoms with E-state index in [1.54, 1.807) is 11.9 Å². The first-order chi connectivity index (χ1) is 16.9. The summed E-state index contributed by atoms with van der Waals surface area (Å²) in [6.45, 7) is 3.76. The van der Waals surface area contributed by atoms with Crippen molar-refractivity contribution in [2.24, 2.45) is 5.92 Å². The molecule has 4 rings (SSSR count). The van der Waals surface area contributed by atoms with Crippen LogP contribution in [0.4, 0.5) is 8.78 Å². The van der Waals surface area contributed by atoms with Crippen LogP contribution in [0.15, 0.2) is 54.6 Å². The minimum atomic E-state index is -0.871. The Morgan fingerprint density at radius 3 is 2.51 bits per heavy atom. The normalized spacial score (nSPS) is 14.2. The van der Waals surface area contributed by atoms with E-state index in [1.807, 2.05) is 36.4 Å².